The lowest BCUT2D eigenvalue weighted by molar-refractivity contribution is 0.627. The molecule has 20 heavy (non-hydrogen) atoms. The summed E-state index contributed by atoms with van der Waals surface area (Å²) in [7, 11) is 0. The number of hydrogen-bond acceptors (Lipinski definition) is 2. The minimum atomic E-state index is -0.236. The molecule has 2 nitrogen and oxygen atoms in total. The smallest absolute Gasteiger partial charge is 0.125 e. The van der Waals surface area contributed by atoms with Gasteiger partial charge in [0.25, 0.3) is 0 Å². The van der Waals surface area contributed by atoms with Crippen LogP contribution in [0.2, 0.25) is 0 Å². The van der Waals surface area contributed by atoms with Crippen LogP contribution in [0, 0.1) is 5.82 Å². The number of hydrogen-bond donors (Lipinski definition) is 1. The summed E-state index contributed by atoms with van der Waals surface area (Å²) in [6.45, 7) is 4.73. The van der Waals surface area contributed by atoms with Gasteiger partial charge >= 0.3 is 0 Å². The van der Waals surface area contributed by atoms with Crippen LogP contribution >= 0.6 is 15.9 Å². The van der Waals surface area contributed by atoms with Gasteiger partial charge in [0.05, 0.1) is 0 Å². The molecule has 1 atom stereocenters. The number of anilines is 2. The Labute approximate surface area is 127 Å². The van der Waals surface area contributed by atoms with Gasteiger partial charge in [-0.3, -0.25) is 0 Å². The Morgan fingerprint density at radius 2 is 2.00 bits per heavy atom. The van der Waals surface area contributed by atoms with E-state index in [0.717, 1.165) is 28.0 Å². The molecule has 0 amide bonds. The van der Waals surface area contributed by atoms with Gasteiger partial charge < -0.3 is 10.6 Å². The van der Waals surface area contributed by atoms with Crippen LogP contribution in [-0.4, -0.2) is 6.54 Å². The number of halogens is 2. The highest BCUT2D eigenvalue weighted by molar-refractivity contribution is 9.10. The molecular formula is C16H18BrFN2. The van der Waals surface area contributed by atoms with E-state index in [9.17, 15) is 4.39 Å². The van der Waals surface area contributed by atoms with Crippen LogP contribution in [0.4, 0.5) is 15.8 Å². The van der Waals surface area contributed by atoms with Crippen molar-refractivity contribution in [1.29, 1.82) is 0 Å². The lowest BCUT2D eigenvalue weighted by Crippen LogP contribution is -2.20. The Hall–Kier alpha value is -1.39. The number of benzene rings is 2. The fraction of sp³-hybridized carbons (Fsp3) is 0.250. The van der Waals surface area contributed by atoms with E-state index in [1.54, 1.807) is 6.07 Å². The highest BCUT2D eigenvalue weighted by atomic mass is 79.9. The van der Waals surface area contributed by atoms with Gasteiger partial charge in [-0.15, -0.1) is 0 Å². The third kappa shape index (κ3) is 3.19. The molecule has 1 unspecified atom stereocenters. The van der Waals surface area contributed by atoms with Crippen molar-refractivity contribution in [2.45, 2.75) is 19.9 Å². The van der Waals surface area contributed by atoms with E-state index in [1.165, 1.54) is 12.1 Å². The maximum absolute atomic E-state index is 13.4. The summed E-state index contributed by atoms with van der Waals surface area (Å²) in [5.74, 6) is -0.236. The van der Waals surface area contributed by atoms with Crippen LogP contribution in [0.15, 0.2) is 46.9 Å². The zero-order valence-electron chi connectivity index (χ0n) is 11.6. The molecule has 106 valence electrons. The highest BCUT2D eigenvalue weighted by Crippen LogP contribution is 2.33. The molecule has 0 aliphatic carbocycles. The molecule has 0 aromatic heterocycles. The molecule has 0 heterocycles. The molecule has 4 heteroatoms. The summed E-state index contributed by atoms with van der Waals surface area (Å²) < 4.78 is 14.4. The monoisotopic (exact) mass is 336 g/mol. The maximum Gasteiger partial charge on any atom is 0.125 e. The van der Waals surface area contributed by atoms with E-state index in [-0.39, 0.29) is 11.9 Å². The van der Waals surface area contributed by atoms with Crippen molar-refractivity contribution in [2.24, 2.45) is 5.73 Å². The summed E-state index contributed by atoms with van der Waals surface area (Å²) in [6, 6.07) is 12.5. The first kappa shape index (κ1) is 15.0. The molecule has 0 spiro atoms. The number of rotatable bonds is 4. The maximum atomic E-state index is 13.4. The van der Waals surface area contributed by atoms with Gasteiger partial charge in [-0.05, 0) is 55.8 Å². The summed E-state index contributed by atoms with van der Waals surface area (Å²) in [6.07, 6.45) is 0. The molecule has 0 radical (unpaired) electrons. The van der Waals surface area contributed by atoms with Crippen molar-refractivity contribution in [3.8, 4) is 0 Å². The van der Waals surface area contributed by atoms with Crippen molar-refractivity contribution in [2.75, 3.05) is 11.4 Å². The van der Waals surface area contributed by atoms with Crippen LogP contribution in [0.5, 0.6) is 0 Å². The second-order valence-corrected chi connectivity index (χ2v) is 5.63. The Morgan fingerprint density at radius 3 is 2.60 bits per heavy atom. The van der Waals surface area contributed by atoms with E-state index < -0.39 is 0 Å². The fourth-order valence-electron chi connectivity index (χ4n) is 2.27. The lowest BCUT2D eigenvalue weighted by atomic mass is 10.1. The molecule has 0 aliphatic heterocycles. The van der Waals surface area contributed by atoms with Crippen LogP contribution < -0.4 is 10.6 Å². The molecule has 2 rings (SSSR count). The third-order valence-electron chi connectivity index (χ3n) is 3.21. The van der Waals surface area contributed by atoms with Crippen LogP contribution in [0.25, 0.3) is 0 Å². The van der Waals surface area contributed by atoms with E-state index in [1.807, 2.05) is 38.1 Å². The predicted octanol–water partition coefficient (Wildman–Crippen LogP) is 4.77. The van der Waals surface area contributed by atoms with Gasteiger partial charge in [-0.25, -0.2) is 4.39 Å². The lowest BCUT2D eigenvalue weighted by Gasteiger charge is -2.27. The Balaban J connectivity index is 2.52. The average Bonchev–Trinajstić information content (AvgIpc) is 2.41. The molecule has 0 bridgehead atoms. The Kier molecular flexibility index (Phi) is 4.78. The van der Waals surface area contributed by atoms with E-state index in [4.69, 9.17) is 5.73 Å². The Morgan fingerprint density at radius 1 is 1.25 bits per heavy atom. The third-order valence-corrected chi connectivity index (χ3v) is 3.70. The molecule has 0 aliphatic rings. The van der Waals surface area contributed by atoms with E-state index in [0.29, 0.717) is 0 Å². The first-order valence-corrected chi connectivity index (χ1v) is 7.40. The van der Waals surface area contributed by atoms with Crippen molar-refractivity contribution in [3.05, 3.63) is 58.3 Å². The first-order valence-electron chi connectivity index (χ1n) is 6.61. The largest absolute Gasteiger partial charge is 0.341 e. The fourth-order valence-corrected chi connectivity index (χ4v) is 2.65. The first-order chi connectivity index (χ1) is 9.52. The summed E-state index contributed by atoms with van der Waals surface area (Å²) in [4.78, 5) is 2.06. The summed E-state index contributed by atoms with van der Waals surface area (Å²) >= 11 is 3.47. The van der Waals surface area contributed by atoms with Gasteiger partial charge in [-0.1, -0.05) is 22.0 Å². The van der Waals surface area contributed by atoms with Crippen molar-refractivity contribution < 1.29 is 4.39 Å². The SMILES string of the molecule is CCN(c1cccc(F)c1)c1ccc(Br)cc1C(C)N. The minimum absolute atomic E-state index is 0.0925. The highest BCUT2D eigenvalue weighted by Gasteiger charge is 2.15. The summed E-state index contributed by atoms with van der Waals surface area (Å²) in [5, 5.41) is 0. The molecule has 0 saturated carbocycles. The molecule has 0 fully saturated rings. The minimum Gasteiger partial charge on any atom is -0.341 e. The molecular weight excluding hydrogens is 319 g/mol. The van der Waals surface area contributed by atoms with Gasteiger partial charge in [0.15, 0.2) is 0 Å². The number of nitrogens with zero attached hydrogens (tertiary/aromatic N) is 1. The van der Waals surface area contributed by atoms with E-state index >= 15 is 0 Å². The number of nitrogens with two attached hydrogens (primary N) is 1. The molecule has 2 aromatic rings. The zero-order valence-corrected chi connectivity index (χ0v) is 13.2. The second-order valence-electron chi connectivity index (χ2n) is 4.72. The van der Waals surface area contributed by atoms with Gasteiger partial charge in [0.1, 0.15) is 5.82 Å². The zero-order chi connectivity index (χ0) is 14.7. The Bertz CT molecular complexity index is 599. The topological polar surface area (TPSA) is 29.3 Å². The second kappa shape index (κ2) is 6.37. The molecule has 2 N–H and O–H groups in total. The van der Waals surface area contributed by atoms with Crippen molar-refractivity contribution in [1.82, 2.24) is 0 Å². The van der Waals surface area contributed by atoms with Gasteiger partial charge in [-0.2, -0.15) is 0 Å². The van der Waals surface area contributed by atoms with Crippen LogP contribution in [-0.2, 0) is 0 Å². The normalized spacial score (nSPS) is 12.2. The van der Waals surface area contributed by atoms with Crippen molar-refractivity contribution in [3.63, 3.8) is 0 Å². The van der Waals surface area contributed by atoms with Crippen LogP contribution in [0.1, 0.15) is 25.5 Å². The average molecular weight is 337 g/mol. The molecule has 2 aromatic carbocycles. The van der Waals surface area contributed by atoms with E-state index in [2.05, 4.69) is 20.8 Å². The van der Waals surface area contributed by atoms with Crippen molar-refractivity contribution >= 4 is 27.3 Å². The predicted molar refractivity (Wildman–Crippen MR) is 85.8 cm³/mol. The molecule has 0 saturated heterocycles. The standard InChI is InChI=1S/C16H18BrFN2/c1-3-20(14-6-4-5-13(18)10-14)16-8-7-12(17)9-15(16)11(2)19/h4-11H,3,19H2,1-2H3. The van der Waals surface area contributed by atoms with Crippen LogP contribution in [0.3, 0.4) is 0 Å². The van der Waals surface area contributed by atoms with Gasteiger partial charge in [0, 0.05) is 28.4 Å². The van der Waals surface area contributed by atoms with Gasteiger partial charge in [0.2, 0.25) is 0 Å². The summed E-state index contributed by atoms with van der Waals surface area (Å²) in [5.41, 5.74) is 8.94. The quantitative estimate of drug-likeness (QED) is 0.871.